The summed E-state index contributed by atoms with van der Waals surface area (Å²) >= 11 is 0. The van der Waals surface area contributed by atoms with Gasteiger partial charge in [0.2, 0.25) is 0 Å². The van der Waals surface area contributed by atoms with Crippen LogP contribution in [0.2, 0.25) is 0 Å². The Balaban J connectivity index is 1.42. The summed E-state index contributed by atoms with van der Waals surface area (Å²) in [4.78, 5) is 22.0. The second kappa shape index (κ2) is 10.3. The average Bonchev–Trinajstić information content (AvgIpc) is 2.90. The van der Waals surface area contributed by atoms with Gasteiger partial charge in [-0.2, -0.15) is 0 Å². The van der Waals surface area contributed by atoms with Crippen molar-refractivity contribution in [3.63, 3.8) is 0 Å². The number of nitrogens with zero attached hydrogens (tertiary/aromatic N) is 4. The lowest BCUT2D eigenvalue weighted by Gasteiger charge is -2.39. The van der Waals surface area contributed by atoms with Gasteiger partial charge < -0.3 is 29.0 Å². The zero-order valence-corrected chi connectivity index (χ0v) is 20.4. The third kappa shape index (κ3) is 4.65. The molecule has 3 aliphatic heterocycles. The van der Waals surface area contributed by atoms with Crippen molar-refractivity contribution in [2.45, 2.75) is 19.0 Å². The predicted molar refractivity (Wildman–Crippen MR) is 135 cm³/mol. The summed E-state index contributed by atoms with van der Waals surface area (Å²) in [6.45, 7) is 9.04. The molecule has 0 spiro atoms. The van der Waals surface area contributed by atoms with E-state index in [9.17, 15) is 4.79 Å². The number of carbonyl (C=O) groups is 1. The van der Waals surface area contributed by atoms with Crippen LogP contribution in [0.15, 0.2) is 36.4 Å². The largest absolute Gasteiger partial charge is 0.496 e. The van der Waals surface area contributed by atoms with Crippen molar-refractivity contribution in [2.75, 3.05) is 83.0 Å². The second-order valence-electron chi connectivity index (χ2n) is 9.53. The van der Waals surface area contributed by atoms with Crippen LogP contribution in [-0.4, -0.2) is 89.3 Å². The van der Waals surface area contributed by atoms with Crippen molar-refractivity contribution in [1.29, 1.82) is 0 Å². The maximum absolute atomic E-state index is 12.4. The molecule has 0 N–H and O–H groups in total. The number of ether oxygens (including phenoxy) is 2. The molecule has 0 radical (unpaired) electrons. The van der Waals surface area contributed by atoms with Crippen molar-refractivity contribution >= 4 is 17.7 Å². The van der Waals surface area contributed by atoms with Crippen molar-refractivity contribution in [3.05, 3.63) is 53.1 Å². The Hall–Kier alpha value is -2.61. The molecular formula is C27H36N4O3. The molecule has 2 aromatic rings. The molecule has 2 aromatic carbocycles. The number of anilines is 2. The van der Waals surface area contributed by atoms with Crippen LogP contribution in [0.1, 0.15) is 22.7 Å². The van der Waals surface area contributed by atoms with E-state index < -0.39 is 0 Å². The van der Waals surface area contributed by atoms with Gasteiger partial charge in [-0.15, -0.1) is 0 Å². The highest BCUT2D eigenvalue weighted by molar-refractivity contribution is 5.66. The number of piperazine rings is 1. The molecule has 0 amide bonds. The zero-order valence-electron chi connectivity index (χ0n) is 20.4. The first kappa shape index (κ1) is 23.1. The zero-order chi connectivity index (χ0) is 23.5. The van der Waals surface area contributed by atoms with Crippen LogP contribution in [0.3, 0.4) is 0 Å². The molecule has 0 unspecified atom stereocenters. The first-order chi connectivity index (χ1) is 16.7. The van der Waals surface area contributed by atoms with E-state index in [4.69, 9.17) is 9.47 Å². The number of aldehydes is 1. The Morgan fingerprint density at radius 1 is 0.941 bits per heavy atom. The number of methoxy groups -OCH3 is 1. The van der Waals surface area contributed by atoms with E-state index in [1.165, 1.54) is 22.5 Å². The first-order valence-corrected chi connectivity index (χ1v) is 12.4. The van der Waals surface area contributed by atoms with Crippen molar-refractivity contribution < 1.29 is 14.3 Å². The quantitative estimate of drug-likeness (QED) is 0.609. The SMILES string of the molecule is COc1ccc(N2CCN(C)CC2)c2c1CCN([C@H](C=O)c1cccc(N3CCOCC3)c1)C2. The highest BCUT2D eigenvalue weighted by Gasteiger charge is 2.30. The molecule has 0 aliphatic carbocycles. The number of hydrogen-bond acceptors (Lipinski definition) is 7. The van der Waals surface area contributed by atoms with E-state index in [0.29, 0.717) is 0 Å². The summed E-state index contributed by atoms with van der Waals surface area (Å²) in [6, 6.07) is 12.6. The molecule has 3 heterocycles. The van der Waals surface area contributed by atoms with E-state index in [1.807, 2.05) is 0 Å². The first-order valence-electron chi connectivity index (χ1n) is 12.4. The maximum atomic E-state index is 12.4. The fraction of sp³-hybridized carbons (Fsp3) is 0.519. The number of benzene rings is 2. The van der Waals surface area contributed by atoms with Crippen LogP contribution in [0.25, 0.3) is 0 Å². The smallest absolute Gasteiger partial charge is 0.141 e. The Labute approximate surface area is 202 Å². The standard InChI is InChI=1S/C27H36N4O3/c1-28-10-12-30(13-11-28)25-6-7-27(33-2)23-8-9-31(19-24(23)25)26(20-32)21-4-3-5-22(18-21)29-14-16-34-17-15-29/h3-7,18,20,26H,8-17,19H2,1-2H3/t26-/m1/s1. The minimum absolute atomic E-state index is 0.263. The minimum atomic E-state index is -0.263. The molecule has 5 rings (SSSR count). The van der Waals surface area contributed by atoms with Crippen molar-refractivity contribution in [3.8, 4) is 5.75 Å². The molecule has 7 nitrogen and oxygen atoms in total. The number of fused-ring (bicyclic) bond motifs is 1. The van der Waals surface area contributed by atoms with Gasteiger partial charge in [0.1, 0.15) is 12.0 Å². The number of likely N-dealkylation sites (N-methyl/N-ethyl adjacent to an activating group) is 1. The minimum Gasteiger partial charge on any atom is -0.496 e. The third-order valence-electron chi connectivity index (χ3n) is 7.55. The number of rotatable bonds is 6. The predicted octanol–water partition coefficient (Wildman–Crippen LogP) is 2.58. The molecule has 0 aromatic heterocycles. The van der Waals surface area contributed by atoms with Gasteiger partial charge in [0.05, 0.1) is 26.4 Å². The Bertz CT molecular complexity index is 999. The van der Waals surface area contributed by atoms with Gasteiger partial charge in [-0.3, -0.25) is 4.90 Å². The molecule has 0 saturated carbocycles. The van der Waals surface area contributed by atoms with Crippen LogP contribution in [0.4, 0.5) is 11.4 Å². The highest BCUT2D eigenvalue weighted by atomic mass is 16.5. The van der Waals surface area contributed by atoms with E-state index in [0.717, 1.165) is 89.6 Å². The number of hydrogen-bond donors (Lipinski definition) is 0. The lowest BCUT2D eigenvalue weighted by molar-refractivity contribution is -0.113. The summed E-state index contributed by atoms with van der Waals surface area (Å²) in [5.74, 6) is 0.962. The van der Waals surface area contributed by atoms with Crippen molar-refractivity contribution in [1.82, 2.24) is 9.80 Å². The fourth-order valence-electron chi connectivity index (χ4n) is 5.52. The topological polar surface area (TPSA) is 48.5 Å². The maximum Gasteiger partial charge on any atom is 0.141 e. The molecule has 7 heteroatoms. The van der Waals surface area contributed by atoms with Gasteiger partial charge >= 0.3 is 0 Å². The summed E-state index contributed by atoms with van der Waals surface area (Å²) in [5.41, 5.74) is 6.13. The van der Waals surface area contributed by atoms with Gasteiger partial charge in [0.25, 0.3) is 0 Å². The molecule has 182 valence electrons. The second-order valence-corrected chi connectivity index (χ2v) is 9.53. The number of carbonyl (C=O) groups excluding carboxylic acids is 1. The lowest BCUT2D eigenvalue weighted by atomic mass is 9.93. The Morgan fingerprint density at radius 2 is 1.74 bits per heavy atom. The van der Waals surface area contributed by atoms with E-state index >= 15 is 0 Å². The average molecular weight is 465 g/mol. The number of morpholine rings is 1. The van der Waals surface area contributed by atoms with Crippen LogP contribution in [0, 0.1) is 0 Å². The highest BCUT2D eigenvalue weighted by Crippen LogP contribution is 2.38. The van der Waals surface area contributed by atoms with Gasteiger partial charge in [0, 0.05) is 69.3 Å². The fourth-order valence-corrected chi connectivity index (χ4v) is 5.52. The normalized spacial score (nSPS) is 20.6. The van der Waals surface area contributed by atoms with Crippen molar-refractivity contribution in [2.24, 2.45) is 0 Å². The van der Waals surface area contributed by atoms with E-state index in [-0.39, 0.29) is 6.04 Å². The van der Waals surface area contributed by atoms with Gasteiger partial charge in [-0.25, -0.2) is 0 Å². The van der Waals surface area contributed by atoms with Gasteiger partial charge in [0.15, 0.2) is 0 Å². The summed E-state index contributed by atoms with van der Waals surface area (Å²) < 4.78 is 11.2. The molecular weight excluding hydrogens is 428 g/mol. The summed E-state index contributed by atoms with van der Waals surface area (Å²) in [5, 5.41) is 0. The Kier molecular flexibility index (Phi) is 7.04. The molecule has 34 heavy (non-hydrogen) atoms. The molecule has 0 bridgehead atoms. The summed E-state index contributed by atoms with van der Waals surface area (Å²) in [7, 11) is 3.94. The third-order valence-corrected chi connectivity index (χ3v) is 7.55. The molecule has 1 atom stereocenters. The molecule has 2 saturated heterocycles. The van der Waals surface area contributed by atoms with Crippen LogP contribution >= 0.6 is 0 Å². The van der Waals surface area contributed by atoms with E-state index in [1.54, 1.807) is 7.11 Å². The summed E-state index contributed by atoms with van der Waals surface area (Å²) in [6.07, 6.45) is 1.99. The van der Waals surface area contributed by atoms with Gasteiger partial charge in [-0.1, -0.05) is 12.1 Å². The van der Waals surface area contributed by atoms with Crippen LogP contribution < -0.4 is 14.5 Å². The van der Waals surface area contributed by atoms with Gasteiger partial charge in [-0.05, 0) is 48.9 Å². The van der Waals surface area contributed by atoms with E-state index in [2.05, 4.69) is 63.0 Å². The van der Waals surface area contributed by atoms with Crippen LogP contribution in [-0.2, 0) is 22.5 Å². The lowest BCUT2D eigenvalue weighted by Crippen LogP contribution is -2.45. The molecule has 2 fully saturated rings. The molecule has 3 aliphatic rings. The Morgan fingerprint density at radius 3 is 2.47 bits per heavy atom. The monoisotopic (exact) mass is 464 g/mol. The van der Waals surface area contributed by atoms with Crippen LogP contribution in [0.5, 0.6) is 5.75 Å².